The fourth-order valence-electron chi connectivity index (χ4n) is 9.99. The molecule has 0 fully saturated rings. The van der Waals surface area contributed by atoms with Crippen LogP contribution < -0.4 is 24.8 Å². The van der Waals surface area contributed by atoms with Crippen molar-refractivity contribution in [2.24, 2.45) is 0 Å². The van der Waals surface area contributed by atoms with E-state index < -0.39 is 22.6 Å². The van der Waals surface area contributed by atoms with Crippen LogP contribution in [0.5, 0.6) is 23.0 Å². The van der Waals surface area contributed by atoms with Gasteiger partial charge >= 0.3 is 5.97 Å². The van der Waals surface area contributed by atoms with Crippen molar-refractivity contribution in [2.45, 2.75) is 89.0 Å². The molecule has 0 aromatic heterocycles. The van der Waals surface area contributed by atoms with Gasteiger partial charge in [0.2, 0.25) is 5.78 Å². The molecule has 4 atom stereocenters. The van der Waals surface area contributed by atoms with Crippen molar-refractivity contribution in [1.29, 1.82) is 0 Å². The Morgan fingerprint density at radius 3 is 1.51 bits per heavy atom. The molecule has 10 heteroatoms. The Bertz CT molecular complexity index is 3040. The van der Waals surface area contributed by atoms with Crippen LogP contribution in [0.3, 0.4) is 0 Å². The van der Waals surface area contributed by atoms with Crippen LogP contribution in [0.15, 0.2) is 170 Å². The number of phenols is 1. The Labute approximate surface area is 408 Å². The summed E-state index contributed by atoms with van der Waals surface area (Å²) in [6.45, 7) is 8.11. The lowest BCUT2D eigenvalue weighted by Gasteiger charge is -2.33. The summed E-state index contributed by atoms with van der Waals surface area (Å²) in [4.78, 5) is 54.8. The van der Waals surface area contributed by atoms with Gasteiger partial charge in [-0.3, -0.25) is 14.4 Å². The minimum atomic E-state index is -1.25. The van der Waals surface area contributed by atoms with Gasteiger partial charge in [0.05, 0.1) is 11.7 Å². The molecule has 7 aromatic carbocycles. The predicted molar refractivity (Wildman–Crippen MR) is 269 cm³/mol. The first-order valence-electron chi connectivity index (χ1n) is 24.1. The summed E-state index contributed by atoms with van der Waals surface area (Å²) in [5.74, 6) is 0.443. The van der Waals surface area contributed by atoms with Gasteiger partial charge < -0.3 is 30.0 Å². The second kappa shape index (κ2) is 19.6. The standard InChI is InChI=1S/C60H56N2O8/c1-5-8-38-58(4,70-49-36-28-44(29-37-49)59(41-22-30-45(63)31-23-41)52-16-11-9-14-50(52)55(65)61-59)54(64)39-18-20-40(21-19-39)57(67)69-48-34-26-43(27-35-48)60(53-17-12-10-15-51(53)56(66)62-60)42-24-32-47(33-25-42)68-46(7-3)13-6-2/h9-12,14-37,46,63H,5-8,13,38H2,1-4H3,(H,61,65)(H,62,66). The van der Waals surface area contributed by atoms with Crippen LogP contribution in [0.2, 0.25) is 0 Å². The average Bonchev–Trinajstić information content (AvgIpc) is 3.87. The zero-order valence-electron chi connectivity index (χ0n) is 39.8. The second-order valence-corrected chi connectivity index (χ2v) is 18.3. The lowest BCUT2D eigenvalue weighted by atomic mass is 9.78. The first kappa shape index (κ1) is 47.1. The molecule has 2 aliphatic rings. The number of carbonyl (C=O) groups excluding carboxylic acids is 4. The molecule has 0 radical (unpaired) electrons. The first-order valence-corrected chi connectivity index (χ1v) is 24.1. The maximum atomic E-state index is 14.4. The van der Waals surface area contributed by atoms with Gasteiger partial charge in [-0.15, -0.1) is 0 Å². The average molecular weight is 933 g/mol. The maximum absolute atomic E-state index is 14.4. The van der Waals surface area contributed by atoms with Crippen LogP contribution in [-0.4, -0.2) is 40.4 Å². The number of hydrogen-bond donors (Lipinski definition) is 3. The molecule has 10 nitrogen and oxygen atoms in total. The van der Waals surface area contributed by atoms with Crippen molar-refractivity contribution in [2.75, 3.05) is 0 Å². The third-order valence-electron chi connectivity index (χ3n) is 13.7. The number of esters is 1. The molecule has 2 amide bonds. The number of nitrogens with one attached hydrogen (secondary N) is 2. The molecule has 0 saturated carbocycles. The highest BCUT2D eigenvalue weighted by molar-refractivity contribution is 6.04. The number of unbranched alkanes of at least 4 members (excludes halogenated alkanes) is 1. The number of aromatic hydroxyl groups is 1. The third-order valence-corrected chi connectivity index (χ3v) is 13.7. The van der Waals surface area contributed by atoms with Gasteiger partial charge in [-0.2, -0.15) is 0 Å². The monoisotopic (exact) mass is 932 g/mol. The largest absolute Gasteiger partial charge is 0.508 e. The number of fused-ring (bicyclic) bond motifs is 2. The van der Waals surface area contributed by atoms with E-state index in [1.807, 2.05) is 91.0 Å². The van der Waals surface area contributed by atoms with E-state index in [-0.39, 0.29) is 35.0 Å². The highest BCUT2D eigenvalue weighted by Gasteiger charge is 2.47. The molecular formula is C60H56N2O8. The highest BCUT2D eigenvalue weighted by atomic mass is 16.5. The summed E-state index contributed by atoms with van der Waals surface area (Å²) < 4.78 is 18.7. The molecule has 7 aromatic rings. The molecule has 0 aliphatic carbocycles. The van der Waals surface area contributed by atoms with Gasteiger partial charge in [0.15, 0.2) is 5.60 Å². The van der Waals surface area contributed by atoms with Gasteiger partial charge in [0.1, 0.15) is 34.1 Å². The molecule has 0 bridgehead atoms. The molecular weight excluding hydrogens is 877 g/mol. The Morgan fingerprint density at radius 1 is 0.571 bits per heavy atom. The lowest BCUT2D eigenvalue weighted by molar-refractivity contribution is 0.0476. The Kier molecular flexibility index (Phi) is 13.2. The lowest BCUT2D eigenvalue weighted by Crippen LogP contribution is -2.42. The van der Waals surface area contributed by atoms with Gasteiger partial charge in [0, 0.05) is 16.7 Å². The van der Waals surface area contributed by atoms with E-state index in [9.17, 15) is 24.3 Å². The van der Waals surface area contributed by atoms with Crippen molar-refractivity contribution in [3.05, 3.63) is 225 Å². The van der Waals surface area contributed by atoms with Crippen molar-refractivity contribution in [3.8, 4) is 23.0 Å². The first-order chi connectivity index (χ1) is 33.9. The van der Waals surface area contributed by atoms with Crippen molar-refractivity contribution in [3.63, 3.8) is 0 Å². The number of rotatable bonds is 18. The summed E-state index contributed by atoms with van der Waals surface area (Å²) in [6.07, 6.45) is 5.05. The van der Waals surface area contributed by atoms with Crippen molar-refractivity contribution < 1.29 is 38.5 Å². The van der Waals surface area contributed by atoms with Crippen LogP contribution in [0.25, 0.3) is 0 Å². The molecule has 0 spiro atoms. The van der Waals surface area contributed by atoms with Gasteiger partial charge in [-0.05, 0) is 139 Å². The van der Waals surface area contributed by atoms with Crippen LogP contribution in [-0.2, 0) is 11.1 Å². The summed E-state index contributed by atoms with van der Waals surface area (Å²) >= 11 is 0. The van der Waals surface area contributed by atoms with Crippen LogP contribution >= 0.6 is 0 Å². The van der Waals surface area contributed by atoms with E-state index in [0.29, 0.717) is 34.6 Å². The predicted octanol–water partition coefficient (Wildman–Crippen LogP) is 11.9. The zero-order valence-corrected chi connectivity index (χ0v) is 39.8. The van der Waals surface area contributed by atoms with Crippen LogP contribution in [0.1, 0.15) is 141 Å². The SMILES string of the molecule is CCCCC(C)(Oc1ccc(C2(c3ccc(O)cc3)NC(=O)c3ccccc32)cc1)C(=O)c1ccc(C(=O)Oc2ccc(C3(c4ccc(OC(CC)CCC)cc4)NC(=O)c4ccccc43)cc2)cc1. The fraction of sp³-hybridized carbons (Fsp3) is 0.233. The number of hydrogen-bond acceptors (Lipinski definition) is 8. The Balaban J connectivity index is 0.917. The van der Waals surface area contributed by atoms with Gasteiger partial charge in [0.25, 0.3) is 11.8 Å². The molecule has 2 aliphatic heterocycles. The van der Waals surface area contributed by atoms with E-state index in [1.54, 1.807) is 85.8 Å². The maximum Gasteiger partial charge on any atom is 0.343 e. The van der Waals surface area contributed by atoms with E-state index in [2.05, 4.69) is 31.4 Å². The van der Waals surface area contributed by atoms with Crippen LogP contribution in [0, 0.1) is 0 Å². The Hall–Kier alpha value is -7.98. The van der Waals surface area contributed by atoms with Crippen molar-refractivity contribution >= 4 is 23.6 Å². The van der Waals surface area contributed by atoms with E-state index >= 15 is 0 Å². The molecule has 354 valence electrons. The summed E-state index contributed by atoms with van der Waals surface area (Å²) in [7, 11) is 0. The number of benzene rings is 7. The van der Waals surface area contributed by atoms with Gasteiger partial charge in [-0.25, -0.2) is 4.79 Å². The number of carbonyl (C=O) groups is 4. The molecule has 2 heterocycles. The summed E-state index contributed by atoms with van der Waals surface area (Å²) in [5, 5.41) is 16.6. The number of ketones is 1. The smallest absolute Gasteiger partial charge is 0.343 e. The third kappa shape index (κ3) is 8.70. The van der Waals surface area contributed by atoms with Crippen LogP contribution in [0.4, 0.5) is 0 Å². The molecule has 4 unspecified atom stereocenters. The molecule has 9 rings (SSSR count). The number of amides is 2. The van der Waals surface area contributed by atoms with Gasteiger partial charge in [-0.1, -0.05) is 131 Å². The highest BCUT2D eigenvalue weighted by Crippen LogP contribution is 2.45. The second-order valence-electron chi connectivity index (χ2n) is 18.3. The molecule has 3 N–H and O–H groups in total. The number of Topliss-reactive ketones (excluding diaryl/α,β-unsaturated/α-hetero) is 1. The molecule has 70 heavy (non-hydrogen) atoms. The minimum Gasteiger partial charge on any atom is -0.508 e. The summed E-state index contributed by atoms with van der Waals surface area (Å²) in [6, 6.07) is 50.6. The minimum absolute atomic E-state index is 0.114. The van der Waals surface area contributed by atoms with Crippen molar-refractivity contribution in [1.82, 2.24) is 10.6 Å². The number of ether oxygens (including phenoxy) is 3. The summed E-state index contributed by atoms with van der Waals surface area (Å²) in [5.41, 5.74) is 3.34. The normalized spacial score (nSPS) is 18.1. The fourth-order valence-corrected chi connectivity index (χ4v) is 9.99. The molecule has 0 saturated heterocycles. The topological polar surface area (TPSA) is 140 Å². The number of phenolic OH excluding ortho intramolecular Hbond substituents is 1. The van der Waals surface area contributed by atoms with E-state index in [0.717, 1.165) is 71.2 Å². The zero-order chi connectivity index (χ0) is 49.0. The quantitative estimate of drug-likeness (QED) is 0.0439. The Morgan fingerprint density at radius 2 is 1.03 bits per heavy atom. The van der Waals surface area contributed by atoms with E-state index in [4.69, 9.17) is 14.2 Å². The van der Waals surface area contributed by atoms with E-state index in [1.165, 1.54) is 0 Å².